The number of carbonyl (C=O) groups is 1. The van der Waals surface area contributed by atoms with E-state index in [0.29, 0.717) is 13.1 Å². The summed E-state index contributed by atoms with van der Waals surface area (Å²) in [6.07, 6.45) is 0. The Hall–Kier alpha value is -1.65. The molecule has 3 N–H and O–H groups in total. The van der Waals surface area contributed by atoms with Crippen molar-refractivity contribution in [2.24, 2.45) is 4.99 Å². The van der Waals surface area contributed by atoms with Crippen LogP contribution in [0.25, 0.3) is 0 Å². The Kier molecular flexibility index (Phi) is 11.0. The molecular weight excluding hydrogens is 473 g/mol. The van der Waals surface area contributed by atoms with Crippen LogP contribution < -0.4 is 16.0 Å². The van der Waals surface area contributed by atoms with E-state index in [2.05, 4.69) is 32.4 Å². The molecule has 1 amide bonds. The van der Waals surface area contributed by atoms with Gasteiger partial charge in [-0.05, 0) is 50.2 Å². The van der Waals surface area contributed by atoms with E-state index in [4.69, 9.17) is 0 Å². The maximum atomic E-state index is 11.9. The number of likely N-dealkylation sites (N-methyl/N-ethyl adjacent to an activating group) is 1. The number of benzene rings is 1. The summed E-state index contributed by atoms with van der Waals surface area (Å²) < 4.78 is 0. The Balaban J connectivity index is 0.00000364. The maximum Gasteiger partial charge on any atom is 0.238 e. The fourth-order valence-corrected chi connectivity index (χ4v) is 2.98. The SMILES string of the molecule is CCNC(=NCc1cccc(NC(=O)CN(C)C)c1)NCc1cccs1.I. The average Bonchev–Trinajstić information content (AvgIpc) is 3.10. The second-order valence-electron chi connectivity index (χ2n) is 6.11. The number of thiophene rings is 1. The van der Waals surface area contributed by atoms with Crippen molar-refractivity contribution in [2.75, 3.05) is 32.5 Å². The highest BCUT2D eigenvalue weighted by molar-refractivity contribution is 14.0. The Morgan fingerprint density at radius 2 is 2.00 bits per heavy atom. The number of halogens is 1. The largest absolute Gasteiger partial charge is 0.357 e. The van der Waals surface area contributed by atoms with E-state index in [-0.39, 0.29) is 29.9 Å². The normalized spacial score (nSPS) is 11.0. The Labute approximate surface area is 182 Å². The van der Waals surface area contributed by atoms with Gasteiger partial charge in [-0.1, -0.05) is 18.2 Å². The molecule has 1 heterocycles. The first-order chi connectivity index (χ1) is 12.6. The molecular formula is C19H28IN5OS. The van der Waals surface area contributed by atoms with Crippen LogP contribution in [-0.2, 0) is 17.9 Å². The lowest BCUT2D eigenvalue weighted by Gasteiger charge is -2.12. The zero-order valence-electron chi connectivity index (χ0n) is 16.0. The van der Waals surface area contributed by atoms with Gasteiger partial charge in [-0.3, -0.25) is 4.79 Å². The van der Waals surface area contributed by atoms with Gasteiger partial charge in [0.05, 0.1) is 19.6 Å². The van der Waals surface area contributed by atoms with Gasteiger partial charge >= 0.3 is 0 Å². The summed E-state index contributed by atoms with van der Waals surface area (Å²) in [6.45, 7) is 4.50. The first-order valence-electron chi connectivity index (χ1n) is 8.65. The molecule has 0 saturated heterocycles. The number of hydrogen-bond donors (Lipinski definition) is 3. The highest BCUT2D eigenvalue weighted by Gasteiger charge is 2.04. The van der Waals surface area contributed by atoms with Crippen LogP contribution in [0.4, 0.5) is 5.69 Å². The van der Waals surface area contributed by atoms with Crippen LogP contribution in [0.3, 0.4) is 0 Å². The minimum absolute atomic E-state index is 0. The van der Waals surface area contributed by atoms with Crippen molar-refractivity contribution in [2.45, 2.75) is 20.0 Å². The second-order valence-corrected chi connectivity index (χ2v) is 7.15. The van der Waals surface area contributed by atoms with Gasteiger partial charge in [0, 0.05) is 17.1 Å². The zero-order valence-corrected chi connectivity index (χ0v) is 19.1. The molecule has 0 saturated carbocycles. The van der Waals surface area contributed by atoms with E-state index in [0.717, 1.165) is 30.3 Å². The molecule has 6 nitrogen and oxygen atoms in total. The summed E-state index contributed by atoms with van der Waals surface area (Å²) in [5, 5.41) is 11.6. The Bertz CT molecular complexity index is 719. The molecule has 0 radical (unpaired) electrons. The first-order valence-corrected chi connectivity index (χ1v) is 9.53. The number of hydrogen-bond acceptors (Lipinski definition) is 4. The molecule has 0 spiro atoms. The van der Waals surface area contributed by atoms with Crippen molar-refractivity contribution in [3.05, 3.63) is 52.2 Å². The number of guanidine groups is 1. The van der Waals surface area contributed by atoms with Crippen LogP contribution in [0.5, 0.6) is 0 Å². The summed E-state index contributed by atoms with van der Waals surface area (Å²) in [5.41, 5.74) is 1.84. The summed E-state index contributed by atoms with van der Waals surface area (Å²) in [4.78, 5) is 19.6. The number of amides is 1. The predicted molar refractivity (Wildman–Crippen MR) is 125 cm³/mol. The van der Waals surface area contributed by atoms with Crippen molar-refractivity contribution < 1.29 is 4.79 Å². The molecule has 0 bridgehead atoms. The van der Waals surface area contributed by atoms with Gasteiger partial charge in [-0.15, -0.1) is 35.3 Å². The van der Waals surface area contributed by atoms with Gasteiger partial charge in [-0.2, -0.15) is 0 Å². The molecule has 0 aliphatic heterocycles. The monoisotopic (exact) mass is 501 g/mol. The minimum atomic E-state index is -0.0263. The van der Waals surface area contributed by atoms with Crippen molar-refractivity contribution in [1.29, 1.82) is 0 Å². The third-order valence-corrected chi connectivity index (χ3v) is 4.32. The van der Waals surface area contributed by atoms with Crippen molar-refractivity contribution >= 4 is 52.9 Å². The molecule has 148 valence electrons. The summed E-state index contributed by atoms with van der Waals surface area (Å²) in [5.74, 6) is 0.754. The first kappa shape index (κ1) is 23.4. The molecule has 0 aliphatic carbocycles. The molecule has 0 aliphatic rings. The van der Waals surface area contributed by atoms with E-state index in [1.165, 1.54) is 4.88 Å². The number of nitrogens with one attached hydrogen (secondary N) is 3. The van der Waals surface area contributed by atoms with E-state index >= 15 is 0 Å². The topological polar surface area (TPSA) is 68.8 Å². The lowest BCUT2D eigenvalue weighted by molar-refractivity contribution is -0.116. The highest BCUT2D eigenvalue weighted by Crippen LogP contribution is 2.12. The maximum absolute atomic E-state index is 11.9. The van der Waals surface area contributed by atoms with Gasteiger partial charge < -0.3 is 20.9 Å². The van der Waals surface area contributed by atoms with E-state index in [9.17, 15) is 4.79 Å². The average molecular weight is 501 g/mol. The standard InChI is InChI=1S/C19H27N5OS.HI/c1-4-20-19(22-13-17-9-6-10-26-17)21-12-15-7-5-8-16(11-15)23-18(25)14-24(2)3;/h5-11H,4,12-14H2,1-3H3,(H,23,25)(H2,20,21,22);1H. The van der Waals surface area contributed by atoms with Gasteiger partial charge in [-0.25, -0.2) is 4.99 Å². The second kappa shape index (κ2) is 12.7. The smallest absolute Gasteiger partial charge is 0.238 e. The van der Waals surface area contributed by atoms with Gasteiger partial charge in [0.15, 0.2) is 5.96 Å². The van der Waals surface area contributed by atoms with Crippen LogP contribution in [0.1, 0.15) is 17.4 Å². The number of carbonyl (C=O) groups excluding carboxylic acids is 1. The highest BCUT2D eigenvalue weighted by atomic mass is 127. The fourth-order valence-electron chi connectivity index (χ4n) is 2.33. The quantitative estimate of drug-likeness (QED) is 0.296. The molecule has 0 unspecified atom stereocenters. The fraction of sp³-hybridized carbons (Fsp3) is 0.368. The molecule has 2 aromatic rings. The lowest BCUT2D eigenvalue weighted by Crippen LogP contribution is -2.36. The Morgan fingerprint density at radius 3 is 2.67 bits per heavy atom. The predicted octanol–water partition coefficient (Wildman–Crippen LogP) is 3.12. The van der Waals surface area contributed by atoms with Crippen molar-refractivity contribution in [3.63, 3.8) is 0 Å². The van der Waals surface area contributed by atoms with Gasteiger partial charge in [0.2, 0.25) is 5.91 Å². The lowest BCUT2D eigenvalue weighted by atomic mass is 10.2. The zero-order chi connectivity index (χ0) is 18.8. The number of anilines is 1. The summed E-state index contributed by atoms with van der Waals surface area (Å²) in [7, 11) is 3.74. The van der Waals surface area contributed by atoms with Crippen LogP contribution in [0, 0.1) is 0 Å². The molecule has 2 rings (SSSR count). The minimum Gasteiger partial charge on any atom is -0.357 e. The Morgan fingerprint density at radius 1 is 1.19 bits per heavy atom. The number of nitrogens with zero attached hydrogens (tertiary/aromatic N) is 2. The number of rotatable bonds is 8. The van der Waals surface area contributed by atoms with Gasteiger partial charge in [0.25, 0.3) is 0 Å². The molecule has 0 fully saturated rings. The van der Waals surface area contributed by atoms with Crippen LogP contribution >= 0.6 is 35.3 Å². The molecule has 0 atom stereocenters. The molecule has 1 aromatic carbocycles. The van der Waals surface area contributed by atoms with Crippen LogP contribution in [-0.4, -0.2) is 44.0 Å². The molecule has 8 heteroatoms. The molecule has 27 heavy (non-hydrogen) atoms. The molecule has 1 aromatic heterocycles. The van der Waals surface area contributed by atoms with Crippen molar-refractivity contribution in [1.82, 2.24) is 15.5 Å². The van der Waals surface area contributed by atoms with E-state index in [1.807, 2.05) is 56.3 Å². The van der Waals surface area contributed by atoms with Gasteiger partial charge in [0.1, 0.15) is 0 Å². The number of aliphatic imine (C=N–C) groups is 1. The third-order valence-electron chi connectivity index (χ3n) is 3.44. The van der Waals surface area contributed by atoms with E-state index < -0.39 is 0 Å². The van der Waals surface area contributed by atoms with Crippen molar-refractivity contribution in [3.8, 4) is 0 Å². The van der Waals surface area contributed by atoms with E-state index in [1.54, 1.807) is 11.3 Å². The summed E-state index contributed by atoms with van der Waals surface area (Å²) >= 11 is 1.72. The summed E-state index contributed by atoms with van der Waals surface area (Å²) in [6, 6.07) is 11.9. The third kappa shape index (κ3) is 9.21. The van der Waals surface area contributed by atoms with Crippen LogP contribution in [0.2, 0.25) is 0 Å². The van der Waals surface area contributed by atoms with Crippen LogP contribution in [0.15, 0.2) is 46.8 Å².